The van der Waals surface area contributed by atoms with Crippen molar-refractivity contribution in [3.05, 3.63) is 71.3 Å². The number of anilines is 4. The van der Waals surface area contributed by atoms with E-state index in [0.29, 0.717) is 30.8 Å². The molecule has 0 atom stereocenters. The number of thiocarbonyl (C=S) groups is 1. The Morgan fingerprint density at radius 2 is 1.53 bits per heavy atom. The molecule has 0 amide bonds. The van der Waals surface area contributed by atoms with Crippen molar-refractivity contribution in [2.75, 3.05) is 66.0 Å². The Balaban J connectivity index is 1.14. The number of benzene rings is 2. The second kappa shape index (κ2) is 11.5. The van der Waals surface area contributed by atoms with Gasteiger partial charge in [0.2, 0.25) is 5.95 Å². The van der Waals surface area contributed by atoms with Crippen molar-refractivity contribution >= 4 is 40.6 Å². The van der Waals surface area contributed by atoms with Gasteiger partial charge in [0.25, 0.3) is 0 Å². The molecule has 38 heavy (non-hydrogen) atoms. The summed E-state index contributed by atoms with van der Waals surface area (Å²) in [6.45, 7) is 7.75. The van der Waals surface area contributed by atoms with Crippen molar-refractivity contribution < 1.29 is 4.74 Å². The molecule has 2 saturated heterocycles. The van der Waals surface area contributed by atoms with Gasteiger partial charge in [0.1, 0.15) is 11.6 Å². The number of rotatable bonds is 6. The van der Waals surface area contributed by atoms with E-state index in [4.69, 9.17) is 26.9 Å². The Morgan fingerprint density at radius 3 is 2.29 bits per heavy atom. The summed E-state index contributed by atoms with van der Waals surface area (Å²) >= 11 is 5.64. The van der Waals surface area contributed by atoms with Crippen LogP contribution >= 0.6 is 12.2 Å². The van der Waals surface area contributed by atoms with E-state index in [0.717, 1.165) is 57.3 Å². The van der Waals surface area contributed by atoms with Crippen molar-refractivity contribution in [2.24, 2.45) is 0 Å². The summed E-state index contributed by atoms with van der Waals surface area (Å²) in [7, 11) is 0. The molecule has 3 aliphatic heterocycles. The molecule has 3 aliphatic rings. The van der Waals surface area contributed by atoms with Crippen LogP contribution in [0.1, 0.15) is 29.5 Å². The zero-order chi connectivity index (χ0) is 25.7. The van der Waals surface area contributed by atoms with Gasteiger partial charge in [-0.25, -0.2) is 0 Å². The quantitative estimate of drug-likeness (QED) is 0.462. The molecule has 0 unspecified atom stereocenters. The molecule has 0 saturated carbocycles. The normalized spacial score (nSPS) is 17.3. The maximum Gasteiger partial charge on any atom is 0.232 e. The topological polar surface area (TPSA) is 68.8 Å². The summed E-state index contributed by atoms with van der Waals surface area (Å²) in [4.78, 5) is 16.8. The molecular weight excluding hydrogens is 494 g/mol. The zero-order valence-electron chi connectivity index (χ0n) is 21.7. The van der Waals surface area contributed by atoms with Gasteiger partial charge in [0.15, 0.2) is 5.11 Å². The average molecular weight is 530 g/mol. The molecule has 0 aliphatic carbocycles. The van der Waals surface area contributed by atoms with Crippen LogP contribution < -0.4 is 25.3 Å². The highest BCUT2D eigenvalue weighted by atomic mass is 32.1. The summed E-state index contributed by atoms with van der Waals surface area (Å²) in [6.07, 6.45) is 3.57. The summed E-state index contributed by atoms with van der Waals surface area (Å²) < 4.78 is 5.57. The number of nitrogens with one attached hydrogen (secondary N) is 2. The number of morpholine rings is 1. The number of ether oxygens (including phenoxy) is 1. The molecule has 198 valence electrons. The van der Waals surface area contributed by atoms with Crippen LogP contribution in [-0.2, 0) is 24.2 Å². The van der Waals surface area contributed by atoms with Crippen molar-refractivity contribution in [2.45, 2.75) is 32.4 Å². The highest BCUT2D eigenvalue weighted by Crippen LogP contribution is 2.27. The first-order valence-corrected chi connectivity index (χ1v) is 14.0. The molecule has 0 spiro atoms. The largest absolute Gasteiger partial charge is 0.378 e. The monoisotopic (exact) mass is 529 g/mol. The lowest BCUT2D eigenvalue weighted by atomic mass is 10.00. The van der Waals surface area contributed by atoms with Crippen LogP contribution in [0.4, 0.5) is 23.3 Å². The summed E-state index contributed by atoms with van der Waals surface area (Å²) in [5.41, 5.74) is 5.26. The number of hydrogen-bond acceptors (Lipinski definition) is 7. The molecule has 3 aromatic rings. The molecule has 6 rings (SSSR count). The molecule has 1 aromatic heterocycles. The maximum atomic E-state index is 5.64. The van der Waals surface area contributed by atoms with Gasteiger partial charge in [0, 0.05) is 57.6 Å². The lowest BCUT2D eigenvalue weighted by molar-refractivity contribution is 0.122. The van der Waals surface area contributed by atoms with Gasteiger partial charge in [-0.05, 0) is 60.3 Å². The lowest BCUT2D eigenvalue weighted by Crippen LogP contribution is -2.38. The minimum atomic E-state index is 0.516. The highest BCUT2D eigenvalue weighted by Gasteiger charge is 2.21. The number of hydrogen-bond donors (Lipinski definition) is 2. The minimum Gasteiger partial charge on any atom is -0.378 e. The SMILES string of the molecule is S=C(NCc1ccc(N2CCCC2)cc1)Nc1nc(N2CCOCC2)cc(N2CCc3ccccc3C2)n1. The van der Waals surface area contributed by atoms with E-state index in [1.54, 1.807) is 0 Å². The molecule has 9 heteroatoms. The van der Waals surface area contributed by atoms with Crippen LogP contribution in [0.15, 0.2) is 54.6 Å². The van der Waals surface area contributed by atoms with Crippen LogP contribution in [0.3, 0.4) is 0 Å². The van der Waals surface area contributed by atoms with E-state index in [9.17, 15) is 0 Å². The van der Waals surface area contributed by atoms with E-state index in [2.05, 4.69) is 79.9 Å². The Labute approximate surface area is 230 Å². The molecule has 2 N–H and O–H groups in total. The first-order chi connectivity index (χ1) is 18.7. The molecule has 2 fully saturated rings. The fourth-order valence-electron chi connectivity index (χ4n) is 5.41. The molecule has 0 radical (unpaired) electrons. The molecule has 0 bridgehead atoms. The summed E-state index contributed by atoms with van der Waals surface area (Å²) in [5, 5.41) is 7.10. The maximum absolute atomic E-state index is 5.64. The van der Waals surface area contributed by atoms with Crippen LogP contribution in [0.5, 0.6) is 0 Å². The van der Waals surface area contributed by atoms with Gasteiger partial charge >= 0.3 is 0 Å². The van der Waals surface area contributed by atoms with E-state index in [-0.39, 0.29) is 0 Å². The average Bonchev–Trinajstić information content (AvgIpc) is 3.52. The smallest absolute Gasteiger partial charge is 0.232 e. The summed E-state index contributed by atoms with van der Waals surface area (Å²) in [6, 6.07) is 19.5. The van der Waals surface area contributed by atoms with E-state index < -0.39 is 0 Å². The van der Waals surface area contributed by atoms with Crippen LogP contribution in [0.2, 0.25) is 0 Å². The van der Waals surface area contributed by atoms with Gasteiger partial charge in [-0.3, -0.25) is 0 Å². The van der Waals surface area contributed by atoms with Gasteiger partial charge in [-0.2, -0.15) is 9.97 Å². The number of fused-ring (bicyclic) bond motifs is 1. The van der Waals surface area contributed by atoms with Crippen LogP contribution in [0.25, 0.3) is 0 Å². The van der Waals surface area contributed by atoms with Gasteiger partial charge in [-0.1, -0.05) is 36.4 Å². The van der Waals surface area contributed by atoms with Crippen LogP contribution in [0, 0.1) is 0 Å². The molecule has 4 heterocycles. The Hall–Kier alpha value is -3.43. The first-order valence-electron chi connectivity index (χ1n) is 13.6. The first kappa shape index (κ1) is 24.9. The van der Waals surface area contributed by atoms with E-state index in [1.807, 2.05) is 0 Å². The van der Waals surface area contributed by atoms with E-state index in [1.165, 1.54) is 35.2 Å². The number of aromatic nitrogens is 2. The predicted octanol–water partition coefficient (Wildman–Crippen LogP) is 3.96. The second-order valence-corrected chi connectivity index (χ2v) is 10.5. The Kier molecular flexibility index (Phi) is 7.55. The zero-order valence-corrected chi connectivity index (χ0v) is 22.6. The lowest BCUT2D eigenvalue weighted by Gasteiger charge is -2.32. The fourth-order valence-corrected chi connectivity index (χ4v) is 5.58. The Morgan fingerprint density at radius 1 is 0.816 bits per heavy atom. The van der Waals surface area contributed by atoms with Crippen molar-refractivity contribution in [1.82, 2.24) is 15.3 Å². The van der Waals surface area contributed by atoms with Gasteiger partial charge < -0.3 is 30.1 Å². The highest BCUT2D eigenvalue weighted by molar-refractivity contribution is 7.80. The van der Waals surface area contributed by atoms with E-state index >= 15 is 0 Å². The second-order valence-electron chi connectivity index (χ2n) is 10.1. The van der Waals surface area contributed by atoms with Crippen molar-refractivity contribution in [3.8, 4) is 0 Å². The van der Waals surface area contributed by atoms with Crippen LogP contribution in [-0.4, -0.2) is 61.0 Å². The summed E-state index contributed by atoms with van der Waals surface area (Å²) in [5.74, 6) is 2.34. The molecule has 8 nitrogen and oxygen atoms in total. The third kappa shape index (κ3) is 5.84. The Bertz CT molecular complexity index is 1260. The standard InChI is InChI=1S/C29H35N7OS/c38-29(30-20-22-7-9-25(10-8-22)34-12-3-4-13-34)33-28-31-26(35-15-17-37-18-16-35)19-27(32-28)36-14-11-23-5-1-2-6-24(23)21-36/h1-2,5-10,19H,3-4,11-18,20-21H2,(H2,30,31,32,33,38). The number of nitrogens with zero attached hydrogens (tertiary/aromatic N) is 5. The third-order valence-electron chi connectivity index (χ3n) is 7.57. The molecule has 2 aromatic carbocycles. The van der Waals surface area contributed by atoms with Crippen molar-refractivity contribution in [1.29, 1.82) is 0 Å². The third-order valence-corrected chi connectivity index (χ3v) is 7.82. The van der Waals surface area contributed by atoms with Gasteiger partial charge in [-0.15, -0.1) is 0 Å². The molecular formula is C29H35N7OS. The van der Waals surface area contributed by atoms with Gasteiger partial charge in [0.05, 0.1) is 13.2 Å². The predicted molar refractivity (Wildman–Crippen MR) is 157 cm³/mol. The minimum absolute atomic E-state index is 0.516. The fraction of sp³-hybridized carbons (Fsp3) is 0.414. The van der Waals surface area contributed by atoms with Crippen molar-refractivity contribution in [3.63, 3.8) is 0 Å².